The maximum Gasteiger partial charge on any atom is 0.326 e. The number of rotatable bonds is 15. The molecule has 0 aliphatic rings. The minimum atomic E-state index is -1.15. The van der Waals surface area contributed by atoms with Crippen LogP contribution < -0.4 is 27.4 Å². The molecule has 6 atom stereocenters. The highest BCUT2D eigenvalue weighted by Gasteiger charge is 2.34. The van der Waals surface area contributed by atoms with Crippen molar-refractivity contribution in [1.82, 2.24) is 16.0 Å². The van der Waals surface area contributed by atoms with Gasteiger partial charge in [0.05, 0.1) is 6.04 Å². The zero-order valence-electron chi connectivity index (χ0n) is 20.5. The lowest BCUT2D eigenvalue weighted by atomic mass is 9.94. The number of nitrogens with two attached hydrogens (primary N) is 2. The van der Waals surface area contributed by atoms with Crippen molar-refractivity contribution in [3.63, 3.8) is 0 Å². The van der Waals surface area contributed by atoms with E-state index in [0.29, 0.717) is 12.8 Å². The summed E-state index contributed by atoms with van der Waals surface area (Å²) in [6.07, 6.45) is 1.08. The fraction of sp³-hybridized carbons (Fsp3) is 0.773. The minimum Gasteiger partial charge on any atom is -0.480 e. The molecule has 0 heterocycles. The first-order chi connectivity index (χ1) is 15.3. The van der Waals surface area contributed by atoms with Crippen molar-refractivity contribution in [1.29, 1.82) is 0 Å². The van der Waals surface area contributed by atoms with Gasteiger partial charge in [-0.15, -0.1) is 0 Å². The van der Waals surface area contributed by atoms with Gasteiger partial charge in [-0.3, -0.25) is 19.2 Å². The summed E-state index contributed by atoms with van der Waals surface area (Å²) in [5, 5.41) is 17.3. The van der Waals surface area contributed by atoms with Crippen LogP contribution in [0.3, 0.4) is 0 Å². The smallest absolute Gasteiger partial charge is 0.326 e. The van der Waals surface area contributed by atoms with E-state index in [1.807, 2.05) is 13.8 Å². The van der Waals surface area contributed by atoms with Crippen molar-refractivity contribution in [2.75, 3.05) is 0 Å². The van der Waals surface area contributed by atoms with Gasteiger partial charge in [0.1, 0.15) is 18.1 Å². The Labute approximate surface area is 195 Å². The molecule has 0 bridgehead atoms. The Morgan fingerprint density at radius 1 is 0.758 bits per heavy atom. The summed E-state index contributed by atoms with van der Waals surface area (Å²) >= 11 is 0. The molecule has 190 valence electrons. The molecule has 4 amide bonds. The lowest BCUT2D eigenvalue weighted by molar-refractivity contribution is -0.144. The van der Waals surface area contributed by atoms with Crippen molar-refractivity contribution in [3.8, 4) is 0 Å². The average molecular weight is 472 g/mol. The number of carbonyl (C=O) groups is 5. The fourth-order valence-electron chi connectivity index (χ4n) is 3.10. The van der Waals surface area contributed by atoms with Crippen molar-refractivity contribution < 1.29 is 29.1 Å². The molecule has 8 N–H and O–H groups in total. The van der Waals surface area contributed by atoms with E-state index in [0.717, 1.165) is 0 Å². The van der Waals surface area contributed by atoms with Gasteiger partial charge in [0, 0.05) is 6.42 Å². The van der Waals surface area contributed by atoms with Crippen LogP contribution in [-0.4, -0.2) is 58.9 Å². The van der Waals surface area contributed by atoms with Crippen LogP contribution in [0.1, 0.15) is 67.2 Å². The Bertz CT molecular complexity index is 699. The monoisotopic (exact) mass is 471 g/mol. The summed E-state index contributed by atoms with van der Waals surface area (Å²) in [7, 11) is 0. The fourth-order valence-corrected chi connectivity index (χ4v) is 3.10. The Morgan fingerprint density at radius 2 is 1.18 bits per heavy atom. The molecule has 0 rings (SSSR count). The Kier molecular flexibility index (Phi) is 13.3. The SMILES string of the molecule is CCC(C)C(NC(=O)C(NC(=O)C(NC(=O)C(N)CCC(N)=O)C(C)C)C(C)CC)C(=O)O. The first-order valence-corrected chi connectivity index (χ1v) is 11.4. The summed E-state index contributed by atoms with van der Waals surface area (Å²) in [4.78, 5) is 60.9. The van der Waals surface area contributed by atoms with E-state index in [-0.39, 0.29) is 30.6 Å². The van der Waals surface area contributed by atoms with E-state index in [1.54, 1.807) is 27.7 Å². The summed E-state index contributed by atoms with van der Waals surface area (Å²) in [6, 6.07) is -4.08. The van der Waals surface area contributed by atoms with Crippen molar-refractivity contribution in [2.24, 2.45) is 29.2 Å². The van der Waals surface area contributed by atoms with Crippen LogP contribution in [0.5, 0.6) is 0 Å². The molecule has 0 spiro atoms. The van der Waals surface area contributed by atoms with Gasteiger partial charge < -0.3 is 32.5 Å². The third-order valence-electron chi connectivity index (χ3n) is 5.86. The molecular weight excluding hydrogens is 430 g/mol. The normalized spacial score (nSPS) is 16.6. The number of primary amides is 1. The molecule has 33 heavy (non-hydrogen) atoms. The van der Waals surface area contributed by atoms with Gasteiger partial charge in [-0.2, -0.15) is 0 Å². The first-order valence-electron chi connectivity index (χ1n) is 11.4. The highest BCUT2D eigenvalue weighted by atomic mass is 16.4. The second-order valence-corrected chi connectivity index (χ2v) is 8.92. The number of amides is 4. The highest BCUT2D eigenvalue weighted by molar-refractivity contribution is 5.94. The number of carboxylic acids is 1. The second kappa shape index (κ2) is 14.5. The molecule has 0 aromatic rings. The quantitative estimate of drug-likeness (QED) is 0.191. The van der Waals surface area contributed by atoms with Crippen molar-refractivity contribution in [2.45, 2.75) is 91.4 Å². The van der Waals surface area contributed by atoms with Gasteiger partial charge in [0.2, 0.25) is 23.6 Å². The van der Waals surface area contributed by atoms with Gasteiger partial charge in [-0.25, -0.2) is 4.79 Å². The predicted octanol–water partition coefficient (Wildman–Crippen LogP) is -0.134. The lowest BCUT2D eigenvalue weighted by Crippen LogP contribution is -2.60. The topological polar surface area (TPSA) is 194 Å². The van der Waals surface area contributed by atoms with E-state index in [1.165, 1.54) is 0 Å². The number of hydrogen-bond acceptors (Lipinski definition) is 6. The van der Waals surface area contributed by atoms with E-state index in [9.17, 15) is 29.1 Å². The largest absolute Gasteiger partial charge is 0.480 e. The van der Waals surface area contributed by atoms with E-state index in [4.69, 9.17) is 11.5 Å². The molecule has 0 aromatic carbocycles. The van der Waals surface area contributed by atoms with Crippen LogP contribution in [0.15, 0.2) is 0 Å². The predicted molar refractivity (Wildman–Crippen MR) is 124 cm³/mol. The maximum absolute atomic E-state index is 13.0. The molecule has 0 fully saturated rings. The maximum atomic E-state index is 13.0. The Hall–Kier alpha value is -2.69. The van der Waals surface area contributed by atoms with Crippen molar-refractivity contribution >= 4 is 29.6 Å². The molecule has 0 saturated heterocycles. The number of carbonyl (C=O) groups excluding carboxylic acids is 4. The van der Waals surface area contributed by atoms with Crippen LogP contribution in [0.25, 0.3) is 0 Å². The molecule has 6 unspecified atom stereocenters. The van der Waals surface area contributed by atoms with Gasteiger partial charge >= 0.3 is 5.97 Å². The molecule has 0 aliphatic heterocycles. The van der Waals surface area contributed by atoms with Crippen LogP contribution in [0.4, 0.5) is 0 Å². The lowest BCUT2D eigenvalue weighted by Gasteiger charge is -2.30. The Balaban J connectivity index is 5.49. The van der Waals surface area contributed by atoms with E-state index in [2.05, 4.69) is 16.0 Å². The first kappa shape index (κ1) is 30.3. The summed E-state index contributed by atoms with van der Waals surface area (Å²) < 4.78 is 0. The molecule has 0 radical (unpaired) electrons. The molecular formula is C22H41N5O6. The third-order valence-corrected chi connectivity index (χ3v) is 5.86. The van der Waals surface area contributed by atoms with Gasteiger partial charge in [-0.1, -0.05) is 54.4 Å². The number of hydrogen-bond donors (Lipinski definition) is 6. The molecule has 11 heteroatoms. The van der Waals surface area contributed by atoms with Gasteiger partial charge in [0.15, 0.2) is 0 Å². The molecule has 0 aromatic heterocycles. The number of aliphatic carboxylic acids is 1. The molecule has 0 aliphatic carbocycles. The zero-order chi connectivity index (χ0) is 25.9. The van der Waals surface area contributed by atoms with Gasteiger partial charge in [-0.05, 0) is 24.2 Å². The number of nitrogens with one attached hydrogen (secondary N) is 3. The van der Waals surface area contributed by atoms with Crippen LogP contribution in [-0.2, 0) is 24.0 Å². The van der Waals surface area contributed by atoms with E-state index < -0.39 is 53.8 Å². The van der Waals surface area contributed by atoms with Crippen molar-refractivity contribution in [3.05, 3.63) is 0 Å². The van der Waals surface area contributed by atoms with Crippen LogP contribution in [0, 0.1) is 17.8 Å². The zero-order valence-corrected chi connectivity index (χ0v) is 20.5. The third kappa shape index (κ3) is 10.2. The molecule has 0 saturated carbocycles. The average Bonchev–Trinajstić information content (AvgIpc) is 2.75. The minimum absolute atomic E-state index is 0.0394. The summed E-state index contributed by atoms with van der Waals surface area (Å²) in [5.41, 5.74) is 10.9. The van der Waals surface area contributed by atoms with E-state index >= 15 is 0 Å². The highest BCUT2D eigenvalue weighted by Crippen LogP contribution is 2.13. The van der Waals surface area contributed by atoms with Gasteiger partial charge in [0.25, 0.3) is 0 Å². The van der Waals surface area contributed by atoms with Crippen LogP contribution in [0.2, 0.25) is 0 Å². The van der Waals surface area contributed by atoms with Crippen LogP contribution >= 0.6 is 0 Å². The summed E-state index contributed by atoms with van der Waals surface area (Å²) in [6.45, 7) is 10.6. The summed E-state index contributed by atoms with van der Waals surface area (Å²) in [5.74, 6) is -4.46. The molecule has 11 nitrogen and oxygen atoms in total. The Morgan fingerprint density at radius 3 is 1.61 bits per heavy atom. The number of carboxylic acid groups (broad SMARTS) is 1. The second-order valence-electron chi connectivity index (χ2n) is 8.92. The standard InChI is InChI=1S/C22H41N5O6/c1-7-12(5)17(21(31)27-18(22(32)33)13(6)8-2)26-20(30)16(11(3)4)25-19(29)14(23)9-10-15(24)28/h11-14,16-18H,7-10,23H2,1-6H3,(H2,24,28)(H,25,29)(H,26,30)(H,27,31)(H,32,33).